The molecule has 0 saturated carbocycles. The van der Waals surface area contributed by atoms with E-state index in [1.807, 2.05) is 6.07 Å². The van der Waals surface area contributed by atoms with E-state index in [2.05, 4.69) is 61.6 Å². The van der Waals surface area contributed by atoms with Gasteiger partial charge in [-0.1, -0.05) is 80.6 Å². The number of hydrogen-bond acceptors (Lipinski definition) is 2. The highest BCUT2D eigenvalue weighted by atomic mass is 15.0. The third-order valence-electron chi connectivity index (χ3n) is 4.48. The first-order valence-corrected chi connectivity index (χ1v) is 8.78. The van der Waals surface area contributed by atoms with Gasteiger partial charge < -0.3 is 5.32 Å². The Morgan fingerprint density at radius 1 is 1.00 bits per heavy atom. The molecule has 2 heteroatoms. The molecule has 1 unspecified atom stereocenters. The topological polar surface area (TPSA) is 24.4 Å². The minimum Gasteiger partial charge on any atom is -0.340 e. The number of hydrogen-bond donors (Lipinski definition) is 1. The van der Waals surface area contributed by atoms with Crippen molar-refractivity contribution < 1.29 is 0 Å². The molecule has 0 bridgehead atoms. The summed E-state index contributed by atoms with van der Waals surface area (Å²) < 4.78 is 0. The molecule has 1 atom stereocenters. The molecule has 0 aromatic heterocycles. The average molecular weight is 306 g/mol. The Labute approximate surface area is 139 Å². The molecular formula is C21H26N2. The summed E-state index contributed by atoms with van der Waals surface area (Å²) in [5, 5.41) is 3.52. The second-order valence-electron chi connectivity index (χ2n) is 6.42. The minimum atomic E-state index is 0.276. The van der Waals surface area contributed by atoms with Gasteiger partial charge in [-0.2, -0.15) is 0 Å². The molecule has 23 heavy (non-hydrogen) atoms. The van der Waals surface area contributed by atoms with Gasteiger partial charge in [0.05, 0.1) is 6.04 Å². The monoisotopic (exact) mass is 306 g/mol. The van der Waals surface area contributed by atoms with Gasteiger partial charge in [-0.3, -0.25) is 4.99 Å². The fourth-order valence-corrected chi connectivity index (χ4v) is 3.18. The van der Waals surface area contributed by atoms with Crippen LogP contribution in [0.5, 0.6) is 0 Å². The number of amidine groups is 1. The van der Waals surface area contributed by atoms with Crippen molar-refractivity contribution in [2.45, 2.75) is 52.0 Å². The normalized spacial score (nSPS) is 16.4. The van der Waals surface area contributed by atoms with Crippen molar-refractivity contribution in [3.63, 3.8) is 0 Å². The van der Waals surface area contributed by atoms with E-state index in [1.165, 1.54) is 42.5 Å². The van der Waals surface area contributed by atoms with Gasteiger partial charge in [-0.05, 0) is 19.4 Å². The molecule has 0 fully saturated rings. The highest BCUT2D eigenvalue weighted by Gasteiger charge is 2.21. The Morgan fingerprint density at radius 2 is 1.83 bits per heavy atom. The van der Waals surface area contributed by atoms with Crippen molar-refractivity contribution in [1.82, 2.24) is 0 Å². The summed E-state index contributed by atoms with van der Waals surface area (Å²) in [5.74, 6) is 1.00. The largest absolute Gasteiger partial charge is 0.340 e. The number of anilines is 1. The standard InChI is InChI=1S/C21H26N2/c1-3-4-5-9-12-19-18-15-16(2)13-14-20(18)23-21(22-19)17-10-7-6-8-11-17/h6-8,10-11,13-15,19H,3-5,9,12H2,1-2H3,(H,22,23). The summed E-state index contributed by atoms with van der Waals surface area (Å²) in [5.41, 5.74) is 5.03. The Balaban J connectivity index is 1.86. The number of unbranched alkanes of at least 4 members (excludes halogenated alkanes) is 3. The number of fused-ring (bicyclic) bond motifs is 1. The third kappa shape index (κ3) is 3.82. The molecule has 0 saturated heterocycles. The minimum absolute atomic E-state index is 0.276. The lowest BCUT2D eigenvalue weighted by Gasteiger charge is -2.26. The van der Waals surface area contributed by atoms with Gasteiger partial charge in [0, 0.05) is 16.8 Å². The fraction of sp³-hybridized carbons (Fsp3) is 0.381. The molecule has 1 heterocycles. The molecule has 3 rings (SSSR count). The highest BCUT2D eigenvalue weighted by Crippen LogP contribution is 2.35. The SMILES string of the molecule is CCCCCCC1N=C(c2ccccc2)Nc2ccc(C)cc21. The number of benzene rings is 2. The van der Waals surface area contributed by atoms with Crippen LogP contribution in [-0.4, -0.2) is 5.84 Å². The third-order valence-corrected chi connectivity index (χ3v) is 4.48. The first-order valence-electron chi connectivity index (χ1n) is 8.78. The van der Waals surface area contributed by atoms with Gasteiger partial charge >= 0.3 is 0 Å². The molecule has 0 amide bonds. The Kier molecular flexibility index (Phi) is 5.12. The van der Waals surface area contributed by atoms with Gasteiger partial charge in [-0.25, -0.2) is 0 Å². The van der Waals surface area contributed by atoms with Crippen molar-refractivity contribution in [2.24, 2.45) is 4.99 Å². The van der Waals surface area contributed by atoms with E-state index in [9.17, 15) is 0 Å². The number of rotatable bonds is 6. The van der Waals surface area contributed by atoms with Crippen LogP contribution in [0.1, 0.15) is 61.8 Å². The van der Waals surface area contributed by atoms with Crippen LogP contribution < -0.4 is 5.32 Å². The first kappa shape index (κ1) is 15.8. The summed E-state index contributed by atoms with van der Waals surface area (Å²) >= 11 is 0. The Hall–Kier alpha value is -2.09. The number of nitrogens with one attached hydrogen (secondary N) is 1. The van der Waals surface area contributed by atoms with Crippen molar-refractivity contribution in [1.29, 1.82) is 0 Å². The Bertz CT molecular complexity index is 673. The van der Waals surface area contributed by atoms with E-state index in [1.54, 1.807) is 0 Å². The molecule has 1 aliphatic heterocycles. The smallest absolute Gasteiger partial charge is 0.133 e. The molecule has 0 spiro atoms. The second-order valence-corrected chi connectivity index (χ2v) is 6.42. The first-order chi connectivity index (χ1) is 11.3. The van der Waals surface area contributed by atoms with Gasteiger partial charge in [0.1, 0.15) is 5.84 Å². The average Bonchev–Trinajstić information content (AvgIpc) is 2.59. The summed E-state index contributed by atoms with van der Waals surface area (Å²) in [4.78, 5) is 5.04. The van der Waals surface area contributed by atoms with Crippen molar-refractivity contribution in [3.8, 4) is 0 Å². The molecule has 1 aliphatic rings. The van der Waals surface area contributed by atoms with Gasteiger partial charge in [0.2, 0.25) is 0 Å². The molecular weight excluding hydrogens is 280 g/mol. The number of aryl methyl sites for hydroxylation is 1. The molecule has 0 aliphatic carbocycles. The quantitative estimate of drug-likeness (QED) is 0.662. The molecule has 1 N–H and O–H groups in total. The van der Waals surface area contributed by atoms with Gasteiger partial charge in [0.25, 0.3) is 0 Å². The van der Waals surface area contributed by atoms with Crippen LogP contribution in [0.4, 0.5) is 5.69 Å². The van der Waals surface area contributed by atoms with Crippen LogP contribution in [0, 0.1) is 6.92 Å². The zero-order valence-electron chi connectivity index (χ0n) is 14.2. The lowest BCUT2D eigenvalue weighted by atomic mass is 9.95. The van der Waals surface area contributed by atoms with E-state index in [-0.39, 0.29) is 6.04 Å². The summed E-state index contributed by atoms with van der Waals surface area (Å²) in [6, 6.07) is 17.4. The molecule has 120 valence electrons. The van der Waals surface area contributed by atoms with E-state index >= 15 is 0 Å². The van der Waals surface area contributed by atoms with E-state index in [4.69, 9.17) is 4.99 Å². The van der Waals surface area contributed by atoms with Crippen LogP contribution in [0.2, 0.25) is 0 Å². The summed E-state index contributed by atoms with van der Waals surface area (Å²) in [6.07, 6.45) is 6.28. The lowest BCUT2D eigenvalue weighted by molar-refractivity contribution is 0.566. The van der Waals surface area contributed by atoms with Crippen LogP contribution in [0.15, 0.2) is 53.5 Å². The van der Waals surface area contributed by atoms with Crippen LogP contribution >= 0.6 is 0 Å². The van der Waals surface area contributed by atoms with Gasteiger partial charge in [0.15, 0.2) is 0 Å². The lowest BCUT2D eigenvalue weighted by Crippen LogP contribution is -2.21. The van der Waals surface area contributed by atoms with Crippen molar-refractivity contribution >= 4 is 11.5 Å². The second kappa shape index (κ2) is 7.45. The molecule has 2 nitrogen and oxygen atoms in total. The maximum Gasteiger partial charge on any atom is 0.133 e. The molecule has 0 radical (unpaired) electrons. The van der Waals surface area contributed by atoms with E-state index < -0.39 is 0 Å². The predicted octanol–water partition coefficient (Wildman–Crippen LogP) is 5.88. The van der Waals surface area contributed by atoms with Crippen molar-refractivity contribution in [3.05, 3.63) is 65.2 Å². The van der Waals surface area contributed by atoms with Crippen LogP contribution in [0.3, 0.4) is 0 Å². The zero-order valence-corrected chi connectivity index (χ0v) is 14.2. The van der Waals surface area contributed by atoms with Gasteiger partial charge in [-0.15, -0.1) is 0 Å². The fourth-order valence-electron chi connectivity index (χ4n) is 3.18. The Morgan fingerprint density at radius 3 is 2.61 bits per heavy atom. The zero-order chi connectivity index (χ0) is 16.1. The van der Waals surface area contributed by atoms with E-state index in [0.717, 1.165) is 17.8 Å². The van der Waals surface area contributed by atoms with Crippen molar-refractivity contribution in [2.75, 3.05) is 5.32 Å². The number of nitrogens with zero attached hydrogens (tertiary/aromatic N) is 1. The molecule has 2 aromatic rings. The number of aliphatic imine (C=N–C) groups is 1. The van der Waals surface area contributed by atoms with Crippen LogP contribution in [0.25, 0.3) is 0 Å². The highest BCUT2D eigenvalue weighted by molar-refractivity contribution is 6.09. The summed E-state index contributed by atoms with van der Waals surface area (Å²) in [6.45, 7) is 4.42. The maximum atomic E-state index is 5.04. The van der Waals surface area contributed by atoms with Crippen LogP contribution in [-0.2, 0) is 0 Å². The maximum absolute atomic E-state index is 5.04. The summed E-state index contributed by atoms with van der Waals surface area (Å²) in [7, 11) is 0. The predicted molar refractivity (Wildman–Crippen MR) is 99.3 cm³/mol. The van der Waals surface area contributed by atoms with E-state index in [0.29, 0.717) is 0 Å². The molecule has 2 aromatic carbocycles.